The van der Waals surface area contributed by atoms with Crippen molar-refractivity contribution in [3.8, 4) is 0 Å². The first-order chi connectivity index (χ1) is 8.86. The molecule has 18 heavy (non-hydrogen) atoms. The van der Waals surface area contributed by atoms with Gasteiger partial charge < -0.3 is 14.8 Å². The molecule has 0 aromatic carbocycles. The van der Waals surface area contributed by atoms with E-state index in [1.165, 1.54) is 19.3 Å². The van der Waals surface area contributed by atoms with Crippen LogP contribution in [0.15, 0.2) is 24.5 Å². The zero-order valence-electron chi connectivity index (χ0n) is 11.0. The molecule has 2 amide bonds. The third-order valence-electron chi connectivity index (χ3n) is 3.46. The number of carbonyl (C=O) groups excluding carboxylic acids is 1. The van der Waals surface area contributed by atoms with E-state index < -0.39 is 0 Å². The lowest BCUT2D eigenvalue weighted by molar-refractivity contribution is 0.192. The first kappa shape index (κ1) is 13.0. The average Bonchev–Trinajstić information content (AvgIpc) is 2.81. The van der Waals surface area contributed by atoms with Gasteiger partial charge in [-0.1, -0.05) is 19.3 Å². The minimum Gasteiger partial charge on any atom is -0.353 e. The highest BCUT2D eigenvalue weighted by atomic mass is 16.2. The molecule has 1 aliphatic heterocycles. The normalized spacial score (nSPS) is 17.0. The summed E-state index contributed by atoms with van der Waals surface area (Å²) < 4.78 is 2.08. The first-order valence-corrected chi connectivity index (χ1v) is 7.00. The average molecular weight is 249 g/mol. The fraction of sp³-hybridized carbons (Fsp3) is 0.643. The second-order valence-electron chi connectivity index (χ2n) is 4.91. The van der Waals surface area contributed by atoms with Crippen LogP contribution in [0.2, 0.25) is 0 Å². The molecule has 1 fully saturated rings. The lowest BCUT2D eigenvalue weighted by Crippen LogP contribution is -2.42. The zero-order chi connectivity index (χ0) is 12.6. The summed E-state index contributed by atoms with van der Waals surface area (Å²) in [5.41, 5.74) is 0. The van der Waals surface area contributed by atoms with Crippen LogP contribution in [0.1, 0.15) is 32.1 Å². The molecule has 2 rings (SSSR count). The first-order valence-electron chi connectivity index (χ1n) is 7.00. The van der Waals surface area contributed by atoms with Crippen molar-refractivity contribution in [3.63, 3.8) is 0 Å². The van der Waals surface area contributed by atoms with Gasteiger partial charge in [-0.25, -0.2) is 4.79 Å². The fourth-order valence-electron chi connectivity index (χ4n) is 2.37. The molecule has 1 aromatic heterocycles. The van der Waals surface area contributed by atoms with Gasteiger partial charge in [-0.05, 0) is 25.0 Å². The minimum absolute atomic E-state index is 0.101. The Morgan fingerprint density at radius 1 is 1.00 bits per heavy atom. The number of carbonyl (C=O) groups is 1. The van der Waals surface area contributed by atoms with Crippen molar-refractivity contribution in [1.29, 1.82) is 0 Å². The zero-order valence-corrected chi connectivity index (χ0v) is 11.0. The molecule has 0 aliphatic carbocycles. The SMILES string of the molecule is O=C(NCCn1cccc1)N1CCCCCCC1. The predicted octanol–water partition coefficient (Wildman–Crippen LogP) is 2.46. The van der Waals surface area contributed by atoms with Crippen LogP contribution in [0.3, 0.4) is 0 Å². The van der Waals surface area contributed by atoms with Crippen LogP contribution >= 0.6 is 0 Å². The molecule has 1 saturated heterocycles. The second kappa shape index (κ2) is 7.09. The van der Waals surface area contributed by atoms with Gasteiger partial charge in [0.1, 0.15) is 0 Å². The lowest BCUT2D eigenvalue weighted by atomic mass is 10.1. The topological polar surface area (TPSA) is 37.3 Å². The Bertz CT molecular complexity index is 340. The molecular formula is C14H23N3O. The van der Waals surface area contributed by atoms with E-state index in [1.807, 2.05) is 29.4 Å². The smallest absolute Gasteiger partial charge is 0.317 e. The van der Waals surface area contributed by atoms with Gasteiger partial charge in [0.05, 0.1) is 0 Å². The predicted molar refractivity (Wildman–Crippen MR) is 72.5 cm³/mol. The van der Waals surface area contributed by atoms with Crippen LogP contribution in [-0.2, 0) is 6.54 Å². The van der Waals surface area contributed by atoms with Crippen LogP contribution < -0.4 is 5.32 Å². The summed E-state index contributed by atoms with van der Waals surface area (Å²) in [7, 11) is 0. The highest BCUT2D eigenvalue weighted by molar-refractivity contribution is 5.74. The van der Waals surface area contributed by atoms with E-state index in [4.69, 9.17) is 0 Å². The second-order valence-corrected chi connectivity index (χ2v) is 4.91. The fourth-order valence-corrected chi connectivity index (χ4v) is 2.37. The van der Waals surface area contributed by atoms with Crippen LogP contribution in [-0.4, -0.2) is 35.1 Å². The monoisotopic (exact) mass is 249 g/mol. The maximum absolute atomic E-state index is 12.0. The Balaban J connectivity index is 1.69. The van der Waals surface area contributed by atoms with Gasteiger partial charge in [0.2, 0.25) is 0 Å². The Kier molecular flexibility index (Phi) is 5.12. The van der Waals surface area contributed by atoms with Crippen LogP contribution in [0, 0.1) is 0 Å². The Morgan fingerprint density at radius 3 is 2.28 bits per heavy atom. The molecule has 100 valence electrons. The lowest BCUT2D eigenvalue weighted by Gasteiger charge is -2.25. The molecule has 1 aromatic rings. The summed E-state index contributed by atoms with van der Waals surface area (Å²) in [6, 6.07) is 4.10. The van der Waals surface area contributed by atoms with E-state index in [2.05, 4.69) is 9.88 Å². The minimum atomic E-state index is 0.101. The number of aromatic nitrogens is 1. The summed E-state index contributed by atoms with van der Waals surface area (Å²) >= 11 is 0. The maximum atomic E-state index is 12.0. The summed E-state index contributed by atoms with van der Waals surface area (Å²) in [5, 5.41) is 3.00. The van der Waals surface area contributed by atoms with Gasteiger partial charge in [-0.2, -0.15) is 0 Å². The van der Waals surface area contributed by atoms with E-state index in [1.54, 1.807) is 0 Å². The van der Waals surface area contributed by atoms with E-state index >= 15 is 0 Å². The van der Waals surface area contributed by atoms with Crippen LogP contribution in [0.25, 0.3) is 0 Å². The van der Waals surface area contributed by atoms with Crippen molar-refractivity contribution in [1.82, 2.24) is 14.8 Å². The van der Waals surface area contributed by atoms with Crippen molar-refractivity contribution in [2.45, 2.75) is 38.6 Å². The molecule has 4 nitrogen and oxygen atoms in total. The van der Waals surface area contributed by atoms with Crippen LogP contribution in [0.4, 0.5) is 4.79 Å². The number of nitrogens with zero attached hydrogens (tertiary/aromatic N) is 2. The van der Waals surface area contributed by atoms with Gasteiger partial charge >= 0.3 is 6.03 Å². The van der Waals surface area contributed by atoms with E-state index in [0.717, 1.165) is 32.5 Å². The summed E-state index contributed by atoms with van der Waals surface area (Å²) in [5.74, 6) is 0. The molecule has 0 unspecified atom stereocenters. The van der Waals surface area contributed by atoms with Crippen molar-refractivity contribution in [3.05, 3.63) is 24.5 Å². The molecule has 0 saturated carbocycles. The Labute approximate surface area is 109 Å². The molecular weight excluding hydrogens is 226 g/mol. The number of nitrogens with one attached hydrogen (secondary N) is 1. The Morgan fingerprint density at radius 2 is 1.61 bits per heavy atom. The molecule has 0 atom stereocenters. The summed E-state index contributed by atoms with van der Waals surface area (Å²) in [4.78, 5) is 14.0. The van der Waals surface area contributed by atoms with Gasteiger partial charge in [0.25, 0.3) is 0 Å². The summed E-state index contributed by atoms with van der Waals surface area (Å²) in [6.45, 7) is 3.36. The quantitative estimate of drug-likeness (QED) is 0.878. The number of likely N-dealkylation sites (tertiary alicyclic amines) is 1. The van der Waals surface area contributed by atoms with Gasteiger partial charge in [-0.15, -0.1) is 0 Å². The van der Waals surface area contributed by atoms with Gasteiger partial charge in [0.15, 0.2) is 0 Å². The van der Waals surface area contributed by atoms with Crippen LogP contribution in [0.5, 0.6) is 0 Å². The number of hydrogen-bond donors (Lipinski definition) is 1. The molecule has 4 heteroatoms. The van der Waals surface area contributed by atoms with E-state index in [9.17, 15) is 4.79 Å². The molecule has 2 heterocycles. The Hall–Kier alpha value is -1.45. The number of urea groups is 1. The molecule has 0 spiro atoms. The van der Waals surface area contributed by atoms with Crippen molar-refractivity contribution < 1.29 is 4.79 Å². The number of rotatable bonds is 3. The third-order valence-corrected chi connectivity index (χ3v) is 3.46. The van der Waals surface area contributed by atoms with Gasteiger partial charge in [0, 0.05) is 38.6 Å². The van der Waals surface area contributed by atoms with Crippen molar-refractivity contribution in [2.24, 2.45) is 0 Å². The standard InChI is InChI=1S/C14H23N3O/c18-14(15-8-13-16-9-6-7-10-16)17-11-4-2-1-3-5-12-17/h6-7,9-10H,1-5,8,11-13H2,(H,15,18). The van der Waals surface area contributed by atoms with Gasteiger partial charge in [-0.3, -0.25) is 0 Å². The molecule has 1 N–H and O–H groups in total. The van der Waals surface area contributed by atoms with E-state index in [0.29, 0.717) is 6.54 Å². The maximum Gasteiger partial charge on any atom is 0.317 e. The van der Waals surface area contributed by atoms with Crippen molar-refractivity contribution in [2.75, 3.05) is 19.6 Å². The molecule has 0 radical (unpaired) electrons. The number of hydrogen-bond acceptors (Lipinski definition) is 1. The molecule has 0 bridgehead atoms. The highest BCUT2D eigenvalue weighted by Gasteiger charge is 2.13. The third kappa shape index (κ3) is 4.09. The summed E-state index contributed by atoms with van der Waals surface area (Å²) in [6.07, 6.45) is 10.2. The molecule has 1 aliphatic rings. The number of amides is 2. The van der Waals surface area contributed by atoms with Crippen molar-refractivity contribution >= 4 is 6.03 Å². The van der Waals surface area contributed by atoms with E-state index in [-0.39, 0.29) is 6.03 Å². The highest BCUT2D eigenvalue weighted by Crippen LogP contribution is 2.10. The largest absolute Gasteiger partial charge is 0.353 e.